The molecule has 0 fully saturated rings. The van der Waals surface area contributed by atoms with Crippen LogP contribution in [0, 0.1) is 5.41 Å². The molecular weight excluding hydrogens is 548 g/mol. The average Bonchev–Trinajstić information content (AvgIpc) is 3.73. The van der Waals surface area contributed by atoms with Crippen LogP contribution in [0.4, 0.5) is 0 Å². The lowest BCUT2D eigenvalue weighted by Gasteiger charge is -2.19. The first-order valence-electron chi connectivity index (χ1n) is 15.3. The maximum absolute atomic E-state index is 8.79. The number of aromatic nitrogens is 2. The Bertz CT molecular complexity index is 2790. The summed E-state index contributed by atoms with van der Waals surface area (Å²) >= 11 is 0. The van der Waals surface area contributed by atoms with Crippen molar-refractivity contribution in [2.45, 2.75) is 0 Å². The van der Waals surface area contributed by atoms with Crippen molar-refractivity contribution in [2.75, 3.05) is 5.43 Å². The monoisotopic (exact) mass is 574 g/mol. The van der Waals surface area contributed by atoms with Gasteiger partial charge >= 0.3 is 0 Å². The highest BCUT2D eigenvalue weighted by molar-refractivity contribution is 6.33. The molecule has 0 spiro atoms. The van der Waals surface area contributed by atoms with Crippen LogP contribution in [0.15, 0.2) is 151 Å². The van der Waals surface area contributed by atoms with Crippen LogP contribution in [0.2, 0.25) is 0 Å². The van der Waals surface area contributed by atoms with Crippen molar-refractivity contribution in [3.8, 4) is 0 Å². The zero-order valence-electron chi connectivity index (χ0n) is 24.3. The SMILES string of the molecule is N=C1C=CC=C/C1=C(/Nn1c2ccccc2c2c3c(ccc4c5cccc6c7ccccc7n(c65)c43)ccc21)c1ccccc1. The third kappa shape index (κ3) is 3.23. The van der Waals surface area contributed by atoms with Crippen LogP contribution < -0.4 is 5.43 Å². The highest BCUT2D eigenvalue weighted by Crippen LogP contribution is 2.44. The molecule has 0 aliphatic heterocycles. The molecule has 45 heavy (non-hydrogen) atoms. The van der Waals surface area contributed by atoms with E-state index in [1.807, 2.05) is 42.5 Å². The summed E-state index contributed by atoms with van der Waals surface area (Å²) in [7, 11) is 0. The van der Waals surface area contributed by atoms with Gasteiger partial charge in [-0.1, -0.05) is 121 Å². The van der Waals surface area contributed by atoms with Gasteiger partial charge in [0.15, 0.2) is 0 Å². The minimum atomic E-state index is 0.481. The molecule has 0 unspecified atom stereocenters. The van der Waals surface area contributed by atoms with Gasteiger partial charge in [0, 0.05) is 48.8 Å². The summed E-state index contributed by atoms with van der Waals surface area (Å²) in [4.78, 5) is 0. The minimum absolute atomic E-state index is 0.481. The van der Waals surface area contributed by atoms with E-state index in [4.69, 9.17) is 5.41 Å². The molecule has 2 N–H and O–H groups in total. The molecule has 0 bridgehead atoms. The molecular formula is C41H26N4. The number of nitrogens with zero attached hydrogens (tertiary/aromatic N) is 2. The van der Waals surface area contributed by atoms with Crippen molar-refractivity contribution in [3.05, 3.63) is 157 Å². The number of benzene rings is 6. The molecule has 10 rings (SSSR count). The van der Waals surface area contributed by atoms with Gasteiger partial charge in [-0.25, -0.2) is 0 Å². The van der Waals surface area contributed by atoms with Gasteiger partial charge in [0.1, 0.15) is 0 Å². The first kappa shape index (κ1) is 24.3. The molecule has 3 aromatic heterocycles. The maximum atomic E-state index is 8.79. The van der Waals surface area contributed by atoms with E-state index in [1.165, 1.54) is 59.6 Å². The first-order chi connectivity index (χ1) is 22.3. The largest absolute Gasteiger partial charge is 0.307 e. The zero-order valence-corrected chi connectivity index (χ0v) is 24.3. The summed E-state index contributed by atoms with van der Waals surface area (Å²) in [6.45, 7) is 0. The standard InChI is InChI=1S/C41H26N4/c42-33-18-7-4-14-31(33)39(26-11-2-1-3-12-26)43-45-35-20-9-6-15-32(35)38-36(45)24-22-25-21-23-30-29-17-10-16-28-27-13-5-8-19-34(27)44(40(28)29)41(30)37(25)38/h1-24,42-43H/b39-31-,42-33?. The van der Waals surface area contributed by atoms with Crippen LogP contribution in [0.3, 0.4) is 0 Å². The highest BCUT2D eigenvalue weighted by Gasteiger charge is 2.22. The highest BCUT2D eigenvalue weighted by atomic mass is 15.4. The fourth-order valence-corrected chi connectivity index (χ4v) is 7.59. The van der Waals surface area contributed by atoms with Crippen LogP contribution in [0.25, 0.3) is 76.4 Å². The summed E-state index contributed by atoms with van der Waals surface area (Å²) in [5, 5.41) is 18.8. The molecule has 0 saturated heterocycles. The molecule has 6 aromatic carbocycles. The smallest absolute Gasteiger partial charge is 0.0717 e. The van der Waals surface area contributed by atoms with Crippen molar-refractivity contribution in [3.63, 3.8) is 0 Å². The molecule has 3 heterocycles. The zero-order chi connectivity index (χ0) is 29.6. The molecule has 210 valence electrons. The van der Waals surface area contributed by atoms with E-state index in [9.17, 15) is 0 Å². The topological polar surface area (TPSA) is 45.2 Å². The second-order valence-electron chi connectivity index (χ2n) is 11.8. The number of fused-ring (bicyclic) bond motifs is 12. The van der Waals surface area contributed by atoms with E-state index < -0.39 is 0 Å². The number of hydrogen-bond donors (Lipinski definition) is 2. The van der Waals surface area contributed by atoms with Crippen LogP contribution in [0.1, 0.15) is 5.56 Å². The minimum Gasteiger partial charge on any atom is -0.307 e. The lowest BCUT2D eigenvalue weighted by molar-refractivity contribution is 1.06. The average molecular weight is 575 g/mol. The Hall–Kier alpha value is -6.13. The third-order valence-electron chi connectivity index (χ3n) is 9.48. The van der Waals surface area contributed by atoms with Crippen molar-refractivity contribution in [2.24, 2.45) is 0 Å². The third-order valence-corrected chi connectivity index (χ3v) is 9.48. The predicted octanol–water partition coefficient (Wildman–Crippen LogP) is 10.2. The lowest BCUT2D eigenvalue weighted by atomic mass is 9.99. The van der Waals surface area contributed by atoms with Gasteiger partial charge in [-0.2, -0.15) is 0 Å². The molecule has 0 amide bonds. The maximum Gasteiger partial charge on any atom is 0.0717 e. The molecule has 0 radical (unpaired) electrons. The molecule has 0 atom stereocenters. The second-order valence-corrected chi connectivity index (χ2v) is 11.8. The number of hydrogen-bond acceptors (Lipinski definition) is 2. The van der Waals surface area contributed by atoms with Crippen LogP contribution in [-0.4, -0.2) is 14.8 Å². The number of rotatable bonds is 3. The number of nitrogens with one attached hydrogen (secondary N) is 2. The quantitative estimate of drug-likeness (QED) is 0.217. The summed E-state index contributed by atoms with van der Waals surface area (Å²) in [6.07, 6.45) is 7.79. The van der Waals surface area contributed by atoms with Gasteiger partial charge in [0.25, 0.3) is 0 Å². The summed E-state index contributed by atoms with van der Waals surface area (Å²) in [5.41, 5.74) is 13.0. The lowest BCUT2D eigenvalue weighted by Crippen LogP contribution is -2.17. The van der Waals surface area contributed by atoms with Crippen molar-refractivity contribution < 1.29 is 0 Å². The molecule has 1 aliphatic rings. The van der Waals surface area contributed by atoms with Gasteiger partial charge < -0.3 is 9.81 Å². The first-order valence-corrected chi connectivity index (χ1v) is 15.3. The van der Waals surface area contributed by atoms with E-state index in [0.717, 1.165) is 27.9 Å². The molecule has 0 saturated carbocycles. The molecule has 1 aliphatic carbocycles. The fourth-order valence-electron chi connectivity index (χ4n) is 7.59. The van der Waals surface area contributed by atoms with Gasteiger partial charge in [0.05, 0.1) is 39.0 Å². The van der Waals surface area contributed by atoms with Crippen LogP contribution in [-0.2, 0) is 0 Å². The predicted molar refractivity (Wildman–Crippen MR) is 190 cm³/mol. The van der Waals surface area contributed by atoms with Gasteiger partial charge in [0.2, 0.25) is 0 Å². The van der Waals surface area contributed by atoms with Gasteiger partial charge in [-0.15, -0.1) is 0 Å². The summed E-state index contributed by atoms with van der Waals surface area (Å²) in [6, 6.07) is 43.5. The summed E-state index contributed by atoms with van der Waals surface area (Å²) in [5.74, 6) is 0. The molecule has 9 aromatic rings. The number of para-hydroxylation sites is 3. The summed E-state index contributed by atoms with van der Waals surface area (Å²) < 4.78 is 4.71. The van der Waals surface area contributed by atoms with Crippen LogP contribution >= 0.6 is 0 Å². The van der Waals surface area contributed by atoms with E-state index in [1.54, 1.807) is 0 Å². The Balaban J connectivity index is 1.37. The Morgan fingerprint density at radius 2 is 1.18 bits per heavy atom. The Labute approximate surface area is 258 Å². The van der Waals surface area contributed by atoms with E-state index in [0.29, 0.717) is 5.71 Å². The Morgan fingerprint density at radius 3 is 2.02 bits per heavy atom. The molecule has 4 heteroatoms. The van der Waals surface area contributed by atoms with Crippen molar-refractivity contribution in [1.29, 1.82) is 5.41 Å². The number of allylic oxidation sites excluding steroid dienone is 5. The van der Waals surface area contributed by atoms with Gasteiger partial charge in [-0.3, -0.25) is 10.1 Å². The normalized spacial score (nSPS) is 14.8. The molecule has 4 nitrogen and oxygen atoms in total. The Morgan fingerprint density at radius 1 is 0.511 bits per heavy atom. The second kappa shape index (κ2) is 8.94. The van der Waals surface area contributed by atoms with E-state index in [-0.39, 0.29) is 0 Å². The van der Waals surface area contributed by atoms with Crippen molar-refractivity contribution >= 4 is 82.1 Å². The van der Waals surface area contributed by atoms with Gasteiger partial charge in [-0.05, 0) is 29.7 Å². The van der Waals surface area contributed by atoms with E-state index in [2.05, 4.69) is 118 Å². The Kier molecular flexibility index (Phi) is 4.83. The van der Waals surface area contributed by atoms with Crippen LogP contribution in [0.5, 0.6) is 0 Å². The van der Waals surface area contributed by atoms with Crippen molar-refractivity contribution in [1.82, 2.24) is 9.08 Å². The fraction of sp³-hybridized carbons (Fsp3) is 0. The van der Waals surface area contributed by atoms with E-state index >= 15 is 0 Å².